The van der Waals surface area contributed by atoms with Crippen LogP contribution in [0.2, 0.25) is 0 Å². The van der Waals surface area contributed by atoms with Crippen LogP contribution >= 0.6 is 0 Å². The Kier molecular flexibility index (Phi) is 6.08. The lowest BCUT2D eigenvalue weighted by atomic mass is 10.0. The van der Waals surface area contributed by atoms with Crippen molar-refractivity contribution in [2.45, 2.75) is 42.2 Å². The Hall–Kier alpha value is -3.33. The van der Waals surface area contributed by atoms with Gasteiger partial charge in [0.2, 0.25) is 0 Å². The quantitative estimate of drug-likeness (QED) is 0.691. The van der Waals surface area contributed by atoms with Gasteiger partial charge in [0, 0.05) is 16.5 Å². The molecule has 2 N–H and O–H groups in total. The average Bonchev–Trinajstić information content (AvgIpc) is 3.09. The van der Waals surface area contributed by atoms with E-state index in [0.29, 0.717) is 10.6 Å². The summed E-state index contributed by atoms with van der Waals surface area (Å²) in [6.45, 7) is 4.97. The molecule has 0 aliphatic carbocycles. The highest BCUT2D eigenvalue weighted by Crippen LogP contribution is 2.43. The fourth-order valence-corrected chi connectivity index (χ4v) is 4.39. The van der Waals surface area contributed by atoms with Gasteiger partial charge in [0.1, 0.15) is 22.8 Å². The van der Waals surface area contributed by atoms with Crippen LogP contribution in [0.3, 0.4) is 0 Å². The van der Waals surface area contributed by atoms with Gasteiger partial charge in [-0.25, -0.2) is 13.9 Å². The zero-order valence-corrected chi connectivity index (χ0v) is 18.3. The van der Waals surface area contributed by atoms with E-state index in [4.69, 9.17) is 9.47 Å². The predicted octanol–water partition coefficient (Wildman–Crippen LogP) is 3.65. The number of imide groups is 1. The molecule has 0 spiro atoms. The van der Waals surface area contributed by atoms with E-state index >= 15 is 0 Å². The molecule has 0 bridgehead atoms. The molecular formula is C22H23NO7S. The van der Waals surface area contributed by atoms with Crippen LogP contribution in [0.1, 0.15) is 32.4 Å². The van der Waals surface area contributed by atoms with E-state index < -0.39 is 34.4 Å². The van der Waals surface area contributed by atoms with E-state index in [1.807, 2.05) is 0 Å². The number of nitrogens with zero attached hydrogens (tertiary/aromatic N) is 1. The minimum atomic E-state index is -1.93. The predicted molar refractivity (Wildman–Crippen MR) is 112 cm³/mol. The van der Waals surface area contributed by atoms with Gasteiger partial charge in [-0.3, -0.25) is 4.79 Å². The van der Waals surface area contributed by atoms with E-state index in [1.54, 1.807) is 45.0 Å². The standard InChI is InChI=1S/C22H23NO7S/c1-22(2,3)30-21(27)23-15(9-12-18(23)26)19-16(24)10-11-17(25)20(19)31(28)14-7-5-13(29-4)6-8-14/h5-12,15,24-25H,1-4H3/t15-,31-/m0/s1. The van der Waals surface area contributed by atoms with E-state index in [1.165, 1.54) is 25.3 Å². The van der Waals surface area contributed by atoms with Crippen molar-refractivity contribution < 1.29 is 33.5 Å². The van der Waals surface area contributed by atoms with Crippen LogP contribution < -0.4 is 4.74 Å². The molecule has 8 nitrogen and oxygen atoms in total. The van der Waals surface area contributed by atoms with Crippen LogP contribution in [0.25, 0.3) is 0 Å². The third-order valence-corrected chi connectivity index (χ3v) is 5.93. The first-order valence-corrected chi connectivity index (χ1v) is 10.5. The van der Waals surface area contributed by atoms with E-state index in [2.05, 4.69) is 0 Å². The fraction of sp³-hybridized carbons (Fsp3) is 0.273. The molecule has 1 aliphatic heterocycles. The lowest BCUT2D eigenvalue weighted by Gasteiger charge is -2.28. The number of aromatic hydroxyl groups is 2. The molecule has 0 saturated heterocycles. The molecule has 9 heteroatoms. The highest BCUT2D eigenvalue weighted by Gasteiger charge is 2.39. The van der Waals surface area contributed by atoms with Crippen molar-refractivity contribution in [3.05, 3.63) is 54.1 Å². The second kappa shape index (κ2) is 8.43. The maximum absolute atomic E-state index is 13.3. The lowest BCUT2D eigenvalue weighted by Crippen LogP contribution is -2.39. The van der Waals surface area contributed by atoms with Crippen LogP contribution in [0.5, 0.6) is 17.2 Å². The van der Waals surface area contributed by atoms with Crippen molar-refractivity contribution in [2.75, 3.05) is 7.11 Å². The highest BCUT2D eigenvalue weighted by atomic mass is 32.2. The summed E-state index contributed by atoms with van der Waals surface area (Å²) in [5.74, 6) is -0.767. The average molecular weight is 445 g/mol. The van der Waals surface area contributed by atoms with Crippen molar-refractivity contribution in [1.29, 1.82) is 0 Å². The van der Waals surface area contributed by atoms with Gasteiger partial charge in [-0.2, -0.15) is 0 Å². The fourth-order valence-electron chi connectivity index (χ4n) is 3.09. The van der Waals surface area contributed by atoms with Crippen LogP contribution in [0, 0.1) is 0 Å². The number of phenols is 2. The van der Waals surface area contributed by atoms with Gasteiger partial charge >= 0.3 is 6.09 Å². The molecule has 2 amide bonds. The van der Waals surface area contributed by atoms with Gasteiger partial charge < -0.3 is 19.7 Å². The molecule has 1 heterocycles. The number of amides is 2. The maximum Gasteiger partial charge on any atom is 0.418 e. The Labute approximate surface area is 182 Å². The number of hydrogen-bond donors (Lipinski definition) is 2. The Morgan fingerprint density at radius 1 is 1.06 bits per heavy atom. The first-order chi connectivity index (χ1) is 14.5. The summed E-state index contributed by atoms with van der Waals surface area (Å²) >= 11 is 0. The summed E-state index contributed by atoms with van der Waals surface area (Å²) in [5, 5.41) is 21.1. The van der Waals surface area contributed by atoms with Gasteiger partial charge in [0.05, 0.1) is 28.8 Å². The number of ether oxygens (including phenoxy) is 2. The molecule has 2 aromatic rings. The highest BCUT2D eigenvalue weighted by molar-refractivity contribution is 7.85. The molecule has 0 aromatic heterocycles. The summed E-state index contributed by atoms with van der Waals surface area (Å²) in [4.78, 5) is 26.1. The molecular weight excluding hydrogens is 422 g/mol. The molecule has 0 unspecified atom stereocenters. The second-order valence-corrected chi connectivity index (χ2v) is 9.20. The van der Waals surface area contributed by atoms with Gasteiger partial charge in [0.25, 0.3) is 5.91 Å². The number of hydrogen-bond acceptors (Lipinski definition) is 7. The summed E-state index contributed by atoms with van der Waals surface area (Å²) in [6, 6.07) is 7.65. The SMILES string of the molecule is COc1ccc([S@](=O)c2c(O)ccc(O)c2[C@@H]2C=CC(=O)N2C(=O)OC(C)(C)C)cc1. The van der Waals surface area contributed by atoms with Crippen molar-refractivity contribution in [3.63, 3.8) is 0 Å². The Bertz CT molecular complexity index is 1070. The zero-order chi connectivity index (χ0) is 22.9. The zero-order valence-electron chi connectivity index (χ0n) is 17.5. The lowest BCUT2D eigenvalue weighted by molar-refractivity contribution is -0.125. The van der Waals surface area contributed by atoms with Crippen LogP contribution in [-0.4, -0.2) is 44.0 Å². The van der Waals surface area contributed by atoms with Crippen LogP contribution in [-0.2, 0) is 20.3 Å². The Morgan fingerprint density at radius 2 is 1.68 bits per heavy atom. The van der Waals surface area contributed by atoms with Gasteiger partial charge in [-0.05, 0) is 57.2 Å². The molecule has 31 heavy (non-hydrogen) atoms. The second-order valence-electron chi connectivity index (χ2n) is 7.78. The van der Waals surface area contributed by atoms with Crippen molar-refractivity contribution in [1.82, 2.24) is 4.90 Å². The smallest absolute Gasteiger partial charge is 0.418 e. The monoisotopic (exact) mass is 445 g/mol. The minimum Gasteiger partial charge on any atom is -0.508 e. The Balaban J connectivity index is 2.09. The third-order valence-electron chi connectivity index (χ3n) is 4.43. The summed E-state index contributed by atoms with van der Waals surface area (Å²) < 4.78 is 23.8. The molecule has 2 aromatic carbocycles. The number of methoxy groups -OCH3 is 1. The molecule has 0 saturated carbocycles. The van der Waals surface area contributed by atoms with Gasteiger partial charge in [-0.15, -0.1) is 0 Å². The first kappa shape index (κ1) is 22.4. The molecule has 0 radical (unpaired) electrons. The van der Waals surface area contributed by atoms with Crippen molar-refractivity contribution >= 4 is 22.8 Å². The molecule has 0 fully saturated rings. The number of rotatable bonds is 4. The van der Waals surface area contributed by atoms with Gasteiger partial charge in [-0.1, -0.05) is 6.08 Å². The van der Waals surface area contributed by atoms with E-state index in [9.17, 15) is 24.0 Å². The number of carbonyl (C=O) groups excluding carboxylic acids is 2. The number of carbonyl (C=O) groups is 2. The summed E-state index contributed by atoms with van der Waals surface area (Å²) in [5.41, 5.74) is -0.887. The van der Waals surface area contributed by atoms with Crippen molar-refractivity contribution in [2.24, 2.45) is 0 Å². The Morgan fingerprint density at radius 3 is 2.26 bits per heavy atom. The summed E-state index contributed by atoms with van der Waals surface area (Å²) in [6.07, 6.45) is 1.63. The number of benzene rings is 2. The normalized spacial score (nSPS) is 17.0. The minimum absolute atomic E-state index is 0.0258. The molecule has 1 aliphatic rings. The van der Waals surface area contributed by atoms with Gasteiger partial charge in [0.15, 0.2) is 0 Å². The largest absolute Gasteiger partial charge is 0.508 e. The summed E-state index contributed by atoms with van der Waals surface area (Å²) in [7, 11) is -0.435. The molecule has 2 atom stereocenters. The van der Waals surface area contributed by atoms with Crippen molar-refractivity contribution in [3.8, 4) is 17.2 Å². The topological polar surface area (TPSA) is 113 Å². The van der Waals surface area contributed by atoms with Crippen LogP contribution in [0.4, 0.5) is 4.79 Å². The van der Waals surface area contributed by atoms with Crippen LogP contribution in [0.15, 0.2) is 58.3 Å². The molecule has 3 rings (SSSR count). The first-order valence-electron chi connectivity index (χ1n) is 9.38. The maximum atomic E-state index is 13.3. The number of phenolic OH excluding ortho intramolecular Hbond substituents is 2. The third kappa shape index (κ3) is 4.56. The molecule has 164 valence electrons. The van der Waals surface area contributed by atoms with E-state index in [-0.39, 0.29) is 22.0 Å². The van der Waals surface area contributed by atoms with E-state index in [0.717, 1.165) is 11.0 Å².